The van der Waals surface area contributed by atoms with Gasteiger partial charge in [-0.2, -0.15) is 9.97 Å². The second kappa shape index (κ2) is 10.3. The molecule has 0 aliphatic rings. The maximum absolute atomic E-state index is 12.3. The normalized spacial score (nSPS) is 11.7. The molecule has 0 fully saturated rings. The number of aromatic nitrogens is 4. The van der Waals surface area contributed by atoms with Gasteiger partial charge in [0.1, 0.15) is 11.4 Å². The largest absolute Gasteiger partial charge is 0.394 e. The number of anilines is 3. The zero-order chi connectivity index (χ0) is 24.9. The number of carbonyl (C=O) groups is 1. The molecule has 0 bridgehead atoms. The van der Waals surface area contributed by atoms with Crippen molar-refractivity contribution < 1.29 is 14.4 Å². The van der Waals surface area contributed by atoms with Gasteiger partial charge in [-0.25, -0.2) is 4.98 Å². The van der Waals surface area contributed by atoms with Gasteiger partial charge in [0.25, 0.3) is 11.8 Å². The fourth-order valence-electron chi connectivity index (χ4n) is 3.55. The minimum absolute atomic E-state index is 0.0630. The Balaban J connectivity index is 1.66. The van der Waals surface area contributed by atoms with E-state index in [-0.39, 0.29) is 18.4 Å². The van der Waals surface area contributed by atoms with Crippen LogP contribution in [-0.2, 0) is 0 Å². The summed E-state index contributed by atoms with van der Waals surface area (Å²) in [6.45, 7) is 3.45. The minimum atomic E-state index is -0.416. The molecule has 10 nitrogen and oxygen atoms in total. The molecule has 35 heavy (non-hydrogen) atoms. The molecule has 0 spiro atoms. The SMILES string of the molecule is Cc1noc(-c2cnc(Nc3ccc(C(=O)N(C)C)c(C)c3)nc2N[C@H](CO)c2ccccc2)n1. The van der Waals surface area contributed by atoms with Crippen LogP contribution >= 0.6 is 0 Å². The first-order valence-corrected chi connectivity index (χ1v) is 11.0. The predicted octanol–water partition coefficient (Wildman–Crippen LogP) is 3.73. The van der Waals surface area contributed by atoms with E-state index in [1.54, 1.807) is 44.2 Å². The van der Waals surface area contributed by atoms with E-state index in [2.05, 4.69) is 30.7 Å². The summed E-state index contributed by atoms with van der Waals surface area (Å²) in [5.74, 6) is 1.43. The van der Waals surface area contributed by atoms with Gasteiger partial charge < -0.3 is 25.2 Å². The van der Waals surface area contributed by atoms with Crippen molar-refractivity contribution in [3.63, 3.8) is 0 Å². The van der Waals surface area contributed by atoms with Crippen molar-refractivity contribution >= 4 is 23.4 Å². The summed E-state index contributed by atoms with van der Waals surface area (Å²) in [7, 11) is 3.44. The molecule has 0 aliphatic heterocycles. The monoisotopic (exact) mass is 473 g/mol. The minimum Gasteiger partial charge on any atom is -0.394 e. The Morgan fingerprint density at radius 1 is 1.11 bits per heavy atom. The predicted molar refractivity (Wildman–Crippen MR) is 132 cm³/mol. The van der Waals surface area contributed by atoms with Crippen molar-refractivity contribution in [2.75, 3.05) is 31.3 Å². The van der Waals surface area contributed by atoms with Gasteiger partial charge in [-0.1, -0.05) is 35.5 Å². The summed E-state index contributed by atoms with van der Waals surface area (Å²) < 4.78 is 5.34. The van der Waals surface area contributed by atoms with Gasteiger partial charge >= 0.3 is 0 Å². The molecular formula is C25H27N7O3. The third kappa shape index (κ3) is 5.44. The van der Waals surface area contributed by atoms with E-state index in [9.17, 15) is 9.90 Å². The number of aliphatic hydroxyl groups excluding tert-OH is 1. The van der Waals surface area contributed by atoms with Crippen LogP contribution in [0.15, 0.2) is 59.3 Å². The second-order valence-corrected chi connectivity index (χ2v) is 8.25. The first kappa shape index (κ1) is 23.8. The highest BCUT2D eigenvalue weighted by Crippen LogP contribution is 2.29. The number of hydrogen-bond acceptors (Lipinski definition) is 9. The average Bonchev–Trinajstić information content (AvgIpc) is 3.28. The third-order valence-corrected chi connectivity index (χ3v) is 5.36. The third-order valence-electron chi connectivity index (χ3n) is 5.36. The van der Waals surface area contributed by atoms with Crippen LogP contribution in [0.5, 0.6) is 0 Å². The lowest BCUT2D eigenvalue weighted by molar-refractivity contribution is 0.0827. The quantitative estimate of drug-likeness (QED) is 0.350. The lowest BCUT2D eigenvalue weighted by Gasteiger charge is -2.19. The molecule has 0 aliphatic carbocycles. The summed E-state index contributed by atoms with van der Waals surface area (Å²) in [5, 5.41) is 20.4. The summed E-state index contributed by atoms with van der Waals surface area (Å²) in [5.41, 5.74) is 3.59. The van der Waals surface area contributed by atoms with E-state index in [4.69, 9.17) is 4.52 Å². The van der Waals surface area contributed by atoms with Gasteiger partial charge in [0.15, 0.2) is 5.82 Å². The number of amides is 1. The molecule has 4 aromatic rings. The van der Waals surface area contributed by atoms with Crippen molar-refractivity contribution in [1.82, 2.24) is 25.0 Å². The highest BCUT2D eigenvalue weighted by molar-refractivity contribution is 5.95. The Morgan fingerprint density at radius 3 is 2.51 bits per heavy atom. The summed E-state index contributed by atoms with van der Waals surface area (Å²) >= 11 is 0. The van der Waals surface area contributed by atoms with Crippen molar-refractivity contribution in [3.8, 4) is 11.5 Å². The second-order valence-electron chi connectivity index (χ2n) is 8.25. The van der Waals surface area contributed by atoms with E-state index < -0.39 is 6.04 Å². The number of nitrogens with zero attached hydrogens (tertiary/aromatic N) is 5. The smallest absolute Gasteiger partial charge is 0.263 e. The number of aliphatic hydroxyl groups is 1. The zero-order valence-corrected chi connectivity index (χ0v) is 20.0. The molecule has 1 atom stereocenters. The average molecular weight is 474 g/mol. The van der Waals surface area contributed by atoms with Crippen LogP contribution in [0.1, 0.15) is 33.4 Å². The van der Waals surface area contributed by atoms with Gasteiger partial charge in [0.2, 0.25) is 5.95 Å². The van der Waals surface area contributed by atoms with E-state index >= 15 is 0 Å². The Kier molecular flexibility index (Phi) is 7.02. The fourth-order valence-corrected chi connectivity index (χ4v) is 3.55. The number of benzene rings is 2. The maximum atomic E-state index is 12.3. The Labute approximate surface area is 203 Å². The van der Waals surface area contributed by atoms with Gasteiger partial charge in [0, 0.05) is 31.5 Å². The Morgan fingerprint density at radius 2 is 1.89 bits per heavy atom. The molecular weight excluding hydrogens is 446 g/mol. The van der Waals surface area contributed by atoms with Crippen molar-refractivity contribution in [2.45, 2.75) is 19.9 Å². The van der Waals surface area contributed by atoms with E-state index in [1.165, 1.54) is 0 Å². The van der Waals surface area contributed by atoms with E-state index in [0.717, 1.165) is 16.8 Å². The summed E-state index contributed by atoms with van der Waals surface area (Å²) in [6, 6.07) is 14.6. The van der Waals surface area contributed by atoms with Gasteiger partial charge in [-0.15, -0.1) is 0 Å². The fraction of sp³-hybridized carbons (Fsp3) is 0.240. The van der Waals surface area contributed by atoms with E-state index in [1.807, 2.05) is 43.3 Å². The molecule has 0 saturated carbocycles. The van der Waals surface area contributed by atoms with Gasteiger partial charge in [-0.05, 0) is 43.2 Å². The van der Waals surface area contributed by atoms with Crippen LogP contribution in [0.3, 0.4) is 0 Å². The van der Waals surface area contributed by atoms with Crippen LogP contribution in [0.2, 0.25) is 0 Å². The maximum Gasteiger partial charge on any atom is 0.263 e. The molecule has 2 aromatic carbocycles. The van der Waals surface area contributed by atoms with E-state index in [0.29, 0.717) is 28.7 Å². The lowest BCUT2D eigenvalue weighted by atomic mass is 10.1. The van der Waals surface area contributed by atoms with Crippen LogP contribution < -0.4 is 10.6 Å². The molecule has 2 aromatic heterocycles. The van der Waals surface area contributed by atoms with Gasteiger partial charge in [-0.3, -0.25) is 4.79 Å². The molecule has 0 unspecified atom stereocenters. The molecule has 4 rings (SSSR count). The number of rotatable bonds is 8. The van der Waals surface area contributed by atoms with Crippen molar-refractivity contribution in [1.29, 1.82) is 0 Å². The number of aryl methyl sites for hydroxylation is 2. The lowest BCUT2D eigenvalue weighted by Crippen LogP contribution is -2.22. The molecule has 10 heteroatoms. The van der Waals surface area contributed by atoms with Crippen molar-refractivity contribution in [2.24, 2.45) is 0 Å². The first-order valence-electron chi connectivity index (χ1n) is 11.0. The molecule has 1 amide bonds. The van der Waals surface area contributed by atoms with Crippen LogP contribution in [0, 0.1) is 13.8 Å². The molecule has 0 saturated heterocycles. The summed E-state index contributed by atoms with van der Waals surface area (Å²) in [4.78, 5) is 27.2. The Bertz CT molecular complexity index is 1320. The number of carbonyl (C=O) groups excluding carboxylic acids is 1. The van der Waals surface area contributed by atoms with Crippen LogP contribution in [0.4, 0.5) is 17.5 Å². The highest BCUT2D eigenvalue weighted by Gasteiger charge is 2.19. The number of hydrogen-bond donors (Lipinski definition) is 3. The topological polar surface area (TPSA) is 129 Å². The molecule has 2 heterocycles. The van der Waals surface area contributed by atoms with Crippen LogP contribution in [0.25, 0.3) is 11.5 Å². The summed E-state index contributed by atoms with van der Waals surface area (Å²) in [6.07, 6.45) is 1.58. The van der Waals surface area contributed by atoms with Gasteiger partial charge in [0.05, 0.1) is 12.6 Å². The molecule has 3 N–H and O–H groups in total. The molecule has 180 valence electrons. The van der Waals surface area contributed by atoms with Crippen LogP contribution in [-0.4, -0.2) is 56.7 Å². The zero-order valence-electron chi connectivity index (χ0n) is 20.0. The van der Waals surface area contributed by atoms with Crippen molar-refractivity contribution in [3.05, 3.63) is 77.2 Å². The standard InChI is InChI=1S/C25H27N7O3/c1-15-12-18(10-11-19(15)24(34)32(3)4)28-25-26-13-20(23-27-16(2)31-35-23)22(30-25)29-21(14-33)17-8-6-5-7-9-17/h5-13,21,33H,14H2,1-4H3,(H2,26,28,29,30)/t21-/m1/s1. The first-order chi connectivity index (χ1) is 16.9. The highest BCUT2D eigenvalue weighted by atomic mass is 16.5. The Hall–Kier alpha value is -4.31. The number of nitrogens with one attached hydrogen (secondary N) is 2. The molecule has 0 radical (unpaired) electrons.